The number of hydrogen-bond donors (Lipinski definition) is 3. The summed E-state index contributed by atoms with van der Waals surface area (Å²) in [4.78, 5) is 33.6. The van der Waals surface area contributed by atoms with E-state index in [1.54, 1.807) is 0 Å². The van der Waals surface area contributed by atoms with Gasteiger partial charge in [0.05, 0.1) is 0 Å². The first-order valence-electron chi connectivity index (χ1n) is 5.61. The first-order chi connectivity index (χ1) is 8.06. The second-order valence-corrected chi connectivity index (χ2v) is 3.93. The smallest absolute Gasteiger partial charge is 0.322 e. The van der Waals surface area contributed by atoms with Gasteiger partial charge >= 0.3 is 5.97 Å². The van der Waals surface area contributed by atoms with Crippen molar-refractivity contribution in [3.8, 4) is 0 Å². The van der Waals surface area contributed by atoms with Crippen LogP contribution >= 0.6 is 0 Å². The molecule has 1 aliphatic rings. The quantitative estimate of drug-likeness (QED) is 0.399. The first kappa shape index (κ1) is 13.6. The Morgan fingerprint density at radius 2 is 1.94 bits per heavy atom. The Bertz CT molecular complexity index is 303. The zero-order chi connectivity index (χ0) is 12.8. The highest BCUT2D eigenvalue weighted by Crippen LogP contribution is 2.11. The summed E-state index contributed by atoms with van der Waals surface area (Å²) < 4.78 is 0. The lowest BCUT2D eigenvalue weighted by molar-refractivity contribution is -0.147. The number of aliphatic carboxylic acids is 1. The predicted octanol–water partition coefficient (Wildman–Crippen LogP) is -0.778. The zero-order valence-corrected chi connectivity index (χ0v) is 9.52. The molecule has 2 amide bonds. The molecule has 0 aliphatic carbocycles. The van der Waals surface area contributed by atoms with Crippen LogP contribution in [0.15, 0.2) is 0 Å². The van der Waals surface area contributed by atoms with Crippen molar-refractivity contribution in [2.75, 3.05) is 6.54 Å². The number of hydrogen-bond acceptors (Lipinski definition) is 5. The molecule has 0 aromatic rings. The summed E-state index contributed by atoms with van der Waals surface area (Å²) in [6.07, 6.45) is 1.97. The minimum absolute atomic E-state index is 0.140. The molecule has 0 spiro atoms. The monoisotopic (exact) mass is 243 g/mol. The van der Waals surface area contributed by atoms with Gasteiger partial charge in [0.2, 0.25) is 11.8 Å². The van der Waals surface area contributed by atoms with Crippen LogP contribution in [-0.2, 0) is 14.4 Å². The van der Waals surface area contributed by atoms with Gasteiger partial charge in [0, 0.05) is 12.8 Å². The van der Waals surface area contributed by atoms with Gasteiger partial charge in [-0.15, -0.1) is 0 Å². The molecule has 0 aromatic carbocycles. The Hall–Kier alpha value is -1.47. The second-order valence-electron chi connectivity index (χ2n) is 3.93. The van der Waals surface area contributed by atoms with E-state index in [2.05, 4.69) is 5.43 Å². The van der Waals surface area contributed by atoms with Crippen molar-refractivity contribution in [2.45, 2.75) is 38.1 Å². The van der Waals surface area contributed by atoms with E-state index in [1.165, 1.54) is 0 Å². The molecule has 17 heavy (non-hydrogen) atoms. The van der Waals surface area contributed by atoms with Crippen molar-refractivity contribution in [2.24, 2.45) is 5.73 Å². The third kappa shape index (κ3) is 3.79. The number of nitrogens with one attached hydrogen (secondary N) is 1. The van der Waals surface area contributed by atoms with Crippen LogP contribution < -0.4 is 11.2 Å². The van der Waals surface area contributed by atoms with Gasteiger partial charge in [-0.3, -0.25) is 14.4 Å². The van der Waals surface area contributed by atoms with Crippen LogP contribution in [0.5, 0.6) is 0 Å². The van der Waals surface area contributed by atoms with Crippen molar-refractivity contribution in [3.05, 3.63) is 0 Å². The topological polar surface area (TPSA) is 113 Å². The molecule has 1 rings (SSSR count). The van der Waals surface area contributed by atoms with E-state index < -0.39 is 12.0 Å². The SMILES string of the molecule is NCCCC[C@H](NN1C(=O)CCC1=O)C(=O)O. The van der Waals surface area contributed by atoms with E-state index in [1.807, 2.05) is 0 Å². The highest BCUT2D eigenvalue weighted by atomic mass is 16.4. The van der Waals surface area contributed by atoms with Gasteiger partial charge in [-0.05, 0) is 25.8 Å². The van der Waals surface area contributed by atoms with Gasteiger partial charge in [-0.2, -0.15) is 0 Å². The van der Waals surface area contributed by atoms with Gasteiger partial charge in [0.1, 0.15) is 6.04 Å². The fourth-order valence-corrected chi connectivity index (χ4v) is 1.61. The van der Waals surface area contributed by atoms with E-state index in [-0.39, 0.29) is 24.7 Å². The van der Waals surface area contributed by atoms with Crippen LogP contribution in [0.3, 0.4) is 0 Å². The molecule has 1 atom stereocenters. The summed E-state index contributed by atoms with van der Waals surface area (Å²) in [5.74, 6) is -1.82. The Balaban J connectivity index is 2.51. The molecule has 4 N–H and O–H groups in total. The Kier molecular flexibility index (Phi) is 5.05. The predicted molar refractivity (Wildman–Crippen MR) is 58.6 cm³/mol. The second kappa shape index (κ2) is 6.31. The number of carbonyl (C=O) groups excluding carboxylic acids is 2. The molecule has 1 heterocycles. The van der Waals surface area contributed by atoms with Crippen molar-refractivity contribution < 1.29 is 19.5 Å². The summed E-state index contributed by atoms with van der Waals surface area (Å²) in [5.41, 5.74) is 7.78. The lowest BCUT2D eigenvalue weighted by Crippen LogP contribution is -2.50. The van der Waals surface area contributed by atoms with E-state index in [9.17, 15) is 14.4 Å². The maximum absolute atomic E-state index is 11.3. The van der Waals surface area contributed by atoms with Crippen LogP contribution in [0.4, 0.5) is 0 Å². The number of nitrogens with zero attached hydrogens (tertiary/aromatic N) is 1. The maximum atomic E-state index is 11.3. The standard InChI is InChI=1S/C10H17N3O4/c11-6-2-1-3-7(10(16)17)12-13-8(14)4-5-9(13)15/h7,12H,1-6,11H2,(H,16,17)/t7-/m0/s1. The minimum atomic E-state index is -1.07. The summed E-state index contributed by atoms with van der Waals surface area (Å²) in [7, 11) is 0. The highest BCUT2D eigenvalue weighted by Gasteiger charge is 2.32. The van der Waals surface area contributed by atoms with Gasteiger partial charge in [-0.25, -0.2) is 10.4 Å². The number of carbonyl (C=O) groups is 3. The molecule has 0 unspecified atom stereocenters. The Morgan fingerprint density at radius 3 is 2.41 bits per heavy atom. The van der Waals surface area contributed by atoms with Crippen molar-refractivity contribution in [1.82, 2.24) is 10.4 Å². The average molecular weight is 243 g/mol. The number of amides is 2. The molecular formula is C10H17N3O4. The highest BCUT2D eigenvalue weighted by molar-refractivity contribution is 6.01. The fraction of sp³-hybridized carbons (Fsp3) is 0.700. The minimum Gasteiger partial charge on any atom is -0.480 e. The van der Waals surface area contributed by atoms with Crippen LogP contribution in [0.1, 0.15) is 32.1 Å². The molecule has 7 heteroatoms. The summed E-state index contributed by atoms with van der Waals surface area (Å²) in [6, 6.07) is -0.924. The van der Waals surface area contributed by atoms with Gasteiger partial charge < -0.3 is 10.8 Å². The summed E-state index contributed by atoms with van der Waals surface area (Å²) in [5, 5.41) is 9.78. The fourth-order valence-electron chi connectivity index (χ4n) is 1.61. The molecule has 0 radical (unpaired) electrons. The van der Waals surface area contributed by atoms with Crippen molar-refractivity contribution in [1.29, 1.82) is 0 Å². The molecule has 7 nitrogen and oxygen atoms in total. The van der Waals surface area contributed by atoms with E-state index >= 15 is 0 Å². The van der Waals surface area contributed by atoms with E-state index in [4.69, 9.17) is 10.8 Å². The number of hydrazine groups is 1. The van der Waals surface area contributed by atoms with Gasteiger partial charge in [0.25, 0.3) is 0 Å². The zero-order valence-electron chi connectivity index (χ0n) is 9.52. The molecule has 0 saturated carbocycles. The number of imide groups is 1. The first-order valence-corrected chi connectivity index (χ1v) is 5.61. The van der Waals surface area contributed by atoms with Gasteiger partial charge in [0.15, 0.2) is 0 Å². The van der Waals surface area contributed by atoms with Crippen LogP contribution in [-0.4, -0.2) is 40.5 Å². The summed E-state index contributed by atoms with van der Waals surface area (Å²) in [6.45, 7) is 0.494. The lowest BCUT2D eigenvalue weighted by atomic mass is 10.1. The molecule has 96 valence electrons. The van der Waals surface area contributed by atoms with Crippen LogP contribution in [0, 0.1) is 0 Å². The number of carboxylic acid groups (broad SMARTS) is 1. The number of unbranched alkanes of at least 4 members (excludes halogenated alkanes) is 1. The Labute approximate surface area is 98.9 Å². The van der Waals surface area contributed by atoms with Gasteiger partial charge in [-0.1, -0.05) is 0 Å². The third-order valence-electron chi connectivity index (χ3n) is 2.58. The molecule has 0 bridgehead atoms. The van der Waals surface area contributed by atoms with Crippen LogP contribution in [0.2, 0.25) is 0 Å². The molecule has 1 aliphatic heterocycles. The third-order valence-corrected chi connectivity index (χ3v) is 2.58. The van der Waals surface area contributed by atoms with E-state index in [0.29, 0.717) is 25.8 Å². The largest absolute Gasteiger partial charge is 0.480 e. The average Bonchev–Trinajstić information content (AvgIpc) is 2.58. The molecule has 0 aromatic heterocycles. The Morgan fingerprint density at radius 1 is 1.35 bits per heavy atom. The molecule has 1 fully saturated rings. The van der Waals surface area contributed by atoms with E-state index in [0.717, 1.165) is 5.01 Å². The molecule has 1 saturated heterocycles. The van der Waals surface area contributed by atoms with Crippen molar-refractivity contribution in [3.63, 3.8) is 0 Å². The van der Waals surface area contributed by atoms with Crippen LogP contribution in [0.25, 0.3) is 0 Å². The van der Waals surface area contributed by atoms with Crippen molar-refractivity contribution >= 4 is 17.8 Å². The maximum Gasteiger partial charge on any atom is 0.322 e. The number of carboxylic acids is 1. The molecular weight excluding hydrogens is 226 g/mol. The summed E-state index contributed by atoms with van der Waals surface area (Å²) >= 11 is 0. The number of nitrogens with two attached hydrogens (primary N) is 1. The number of rotatable bonds is 7. The lowest BCUT2D eigenvalue weighted by Gasteiger charge is -2.21. The normalized spacial score (nSPS) is 17.6.